The lowest BCUT2D eigenvalue weighted by molar-refractivity contribution is 0.0697. The van der Waals surface area contributed by atoms with Crippen LogP contribution in [0, 0.1) is 6.92 Å². The van der Waals surface area contributed by atoms with Crippen molar-refractivity contribution in [3.05, 3.63) is 64.7 Å². The molecule has 5 heteroatoms. The molecule has 4 rings (SSSR count). The van der Waals surface area contributed by atoms with E-state index in [1.807, 2.05) is 31.2 Å². The standard InChI is InChI=1S/C19H12ClNO3/c1-10-14-8-12(19(22)23)4-7-17(14)24-18(10)15-6-3-11-2-5-13(20)9-16(11)21-15/h2-9H,1H3,(H,22,23). The number of aryl methyl sites for hydroxylation is 1. The van der Waals surface area contributed by atoms with E-state index in [1.54, 1.807) is 18.2 Å². The van der Waals surface area contributed by atoms with Crippen LogP contribution in [-0.2, 0) is 0 Å². The SMILES string of the molecule is Cc1c(-c2ccc3ccc(Cl)cc3n2)oc2ccc(C(=O)O)cc12. The number of fused-ring (bicyclic) bond motifs is 2. The van der Waals surface area contributed by atoms with Gasteiger partial charge in [0.05, 0.1) is 11.1 Å². The van der Waals surface area contributed by atoms with E-state index in [0.29, 0.717) is 22.1 Å². The first-order valence-electron chi connectivity index (χ1n) is 7.36. The molecule has 2 aromatic heterocycles. The van der Waals surface area contributed by atoms with Crippen molar-refractivity contribution < 1.29 is 14.3 Å². The lowest BCUT2D eigenvalue weighted by Crippen LogP contribution is -1.94. The summed E-state index contributed by atoms with van der Waals surface area (Å²) in [7, 11) is 0. The van der Waals surface area contributed by atoms with Gasteiger partial charge < -0.3 is 9.52 Å². The minimum absolute atomic E-state index is 0.233. The zero-order valence-electron chi connectivity index (χ0n) is 12.7. The number of carboxylic acids is 1. The number of rotatable bonds is 2. The van der Waals surface area contributed by atoms with Crippen LogP contribution >= 0.6 is 11.6 Å². The lowest BCUT2D eigenvalue weighted by Gasteiger charge is -2.02. The zero-order valence-corrected chi connectivity index (χ0v) is 13.5. The molecule has 0 amide bonds. The molecule has 0 unspecified atom stereocenters. The summed E-state index contributed by atoms with van der Waals surface area (Å²) < 4.78 is 5.91. The Labute approximate surface area is 142 Å². The van der Waals surface area contributed by atoms with Gasteiger partial charge in [-0.1, -0.05) is 23.7 Å². The maximum Gasteiger partial charge on any atom is 0.335 e. The largest absolute Gasteiger partial charge is 0.478 e. The molecule has 4 aromatic rings. The van der Waals surface area contributed by atoms with E-state index >= 15 is 0 Å². The van der Waals surface area contributed by atoms with Gasteiger partial charge in [-0.15, -0.1) is 0 Å². The molecule has 0 saturated heterocycles. The summed E-state index contributed by atoms with van der Waals surface area (Å²) in [5, 5.41) is 11.5. The number of carboxylic acid groups (broad SMARTS) is 1. The Kier molecular flexibility index (Phi) is 3.28. The number of benzene rings is 2. The van der Waals surface area contributed by atoms with E-state index in [9.17, 15) is 4.79 Å². The third kappa shape index (κ3) is 2.32. The maximum atomic E-state index is 11.2. The molecule has 1 N–H and O–H groups in total. The van der Waals surface area contributed by atoms with Crippen molar-refractivity contribution in [3.63, 3.8) is 0 Å². The molecular weight excluding hydrogens is 326 g/mol. The number of hydrogen-bond acceptors (Lipinski definition) is 3. The predicted octanol–water partition coefficient (Wildman–Crippen LogP) is 5.31. The van der Waals surface area contributed by atoms with Crippen LogP contribution in [0.5, 0.6) is 0 Å². The molecule has 0 saturated carbocycles. The fourth-order valence-electron chi connectivity index (χ4n) is 2.82. The van der Waals surface area contributed by atoms with Crippen LogP contribution in [-0.4, -0.2) is 16.1 Å². The molecule has 0 aliphatic heterocycles. The first kappa shape index (κ1) is 14.7. The second-order valence-electron chi connectivity index (χ2n) is 5.61. The lowest BCUT2D eigenvalue weighted by atomic mass is 10.1. The van der Waals surface area contributed by atoms with Gasteiger partial charge in [-0.3, -0.25) is 0 Å². The van der Waals surface area contributed by atoms with Gasteiger partial charge in [0.15, 0.2) is 5.76 Å². The summed E-state index contributed by atoms with van der Waals surface area (Å²) in [4.78, 5) is 15.8. The smallest absolute Gasteiger partial charge is 0.335 e. The number of halogens is 1. The van der Waals surface area contributed by atoms with E-state index in [4.69, 9.17) is 21.1 Å². The van der Waals surface area contributed by atoms with E-state index in [0.717, 1.165) is 21.9 Å². The van der Waals surface area contributed by atoms with E-state index < -0.39 is 5.97 Å². The Balaban J connectivity index is 1.92. The molecule has 0 aliphatic rings. The summed E-state index contributed by atoms with van der Waals surface area (Å²) in [5.74, 6) is -0.327. The molecule has 2 aromatic carbocycles. The van der Waals surface area contributed by atoms with Crippen molar-refractivity contribution in [1.82, 2.24) is 4.98 Å². The Morgan fingerprint density at radius 1 is 1.12 bits per heavy atom. The number of aromatic nitrogens is 1. The number of aromatic carboxylic acids is 1. The Bertz CT molecular complexity index is 1110. The Hall–Kier alpha value is -2.85. The summed E-state index contributed by atoms with van der Waals surface area (Å²) in [6.45, 7) is 1.90. The summed E-state index contributed by atoms with van der Waals surface area (Å²) in [6, 6.07) is 14.2. The van der Waals surface area contributed by atoms with E-state index in [1.165, 1.54) is 6.07 Å². The van der Waals surface area contributed by atoms with Crippen molar-refractivity contribution in [2.45, 2.75) is 6.92 Å². The topological polar surface area (TPSA) is 63.3 Å². The highest BCUT2D eigenvalue weighted by Crippen LogP contribution is 2.33. The van der Waals surface area contributed by atoms with Gasteiger partial charge in [-0.05, 0) is 43.3 Å². The fraction of sp³-hybridized carbons (Fsp3) is 0.0526. The molecule has 4 nitrogen and oxygen atoms in total. The molecule has 0 radical (unpaired) electrons. The Morgan fingerprint density at radius 2 is 1.92 bits per heavy atom. The molecule has 24 heavy (non-hydrogen) atoms. The molecule has 0 spiro atoms. The Morgan fingerprint density at radius 3 is 2.71 bits per heavy atom. The highest BCUT2D eigenvalue weighted by Gasteiger charge is 2.15. The zero-order chi connectivity index (χ0) is 16.8. The summed E-state index contributed by atoms with van der Waals surface area (Å²) in [6.07, 6.45) is 0. The molecule has 2 heterocycles. The molecule has 0 bridgehead atoms. The number of pyridine rings is 1. The number of furan rings is 1. The second kappa shape index (κ2) is 5.35. The van der Waals surface area contributed by atoms with Crippen LogP contribution in [0.2, 0.25) is 5.02 Å². The van der Waals surface area contributed by atoms with E-state index in [-0.39, 0.29) is 5.56 Å². The highest BCUT2D eigenvalue weighted by atomic mass is 35.5. The quantitative estimate of drug-likeness (QED) is 0.538. The van der Waals surface area contributed by atoms with Crippen LogP contribution < -0.4 is 0 Å². The predicted molar refractivity (Wildman–Crippen MR) is 93.7 cm³/mol. The van der Waals surface area contributed by atoms with Gasteiger partial charge in [0.1, 0.15) is 11.3 Å². The molecule has 0 aliphatic carbocycles. The second-order valence-corrected chi connectivity index (χ2v) is 6.04. The van der Waals surface area contributed by atoms with Gasteiger partial charge in [0, 0.05) is 21.4 Å². The van der Waals surface area contributed by atoms with Crippen molar-refractivity contribution in [2.24, 2.45) is 0 Å². The van der Waals surface area contributed by atoms with Crippen LogP contribution in [0.1, 0.15) is 15.9 Å². The van der Waals surface area contributed by atoms with Gasteiger partial charge in [-0.25, -0.2) is 9.78 Å². The van der Waals surface area contributed by atoms with Crippen molar-refractivity contribution in [1.29, 1.82) is 0 Å². The monoisotopic (exact) mass is 337 g/mol. The first-order chi connectivity index (χ1) is 11.5. The van der Waals surface area contributed by atoms with Crippen LogP contribution in [0.3, 0.4) is 0 Å². The van der Waals surface area contributed by atoms with Gasteiger partial charge in [0.25, 0.3) is 0 Å². The fourth-order valence-corrected chi connectivity index (χ4v) is 2.98. The average Bonchev–Trinajstić information content (AvgIpc) is 2.90. The molecule has 118 valence electrons. The van der Waals surface area contributed by atoms with E-state index in [2.05, 4.69) is 4.98 Å². The van der Waals surface area contributed by atoms with Crippen molar-refractivity contribution in [2.75, 3.05) is 0 Å². The number of hydrogen-bond donors (Lipinski definition) is 1. The highest BCUT2D eigenvalue weighted by molar-refractivity contribution is 6.31. The number of carbonyl (C=O) groups is 1. The minimum Gasteiger partial charge on any atom is -0.478 e. The van der Waals surface area contributed by atoms with Crippen LogP contribution in [0.25, 0.3) is 33.3 Å². The summed E-state index contributed by atoms with van der Waals surface area (Å²) in [5.41, 5.74) is 3.21. The third-order valence-corrected chi connectivity index (χ3v) is 4.31. The molecule has 0 fully saturated rings. The van der Waals surface area contributed by atoms with Gasteiger partial charge >= 0.3 is 5.97 Å². The maximum absolute atomic E-state index is 11.2. The summed E-state index contributed by atoms with van der Waals surface area (Å²) >= 11 is 6.04. The van der Waals surface area contributed by atoms with Crippen LogP contribution in [0.4, 0.5) is 0 Å². The molecular formula is C19H12ClNO3. The third-order valence-electron chi connectivity index (χ3n) is 4.07. The normalized spacial score (nSPS) is 11.2. The number of nitrogens with zero attached hydrogens (tertiary/aromatic N) is 1. The molecule has 0 atom stereocenters. The van der Waals surface area contributed by atoms with Crippen LogP contribution in [0.15, 0.2) is 52.9 Å². The van der Waals surface area contributed by atoms with Crippen molar-refractivity contribution >= 4 is 39.4 Å². The first-order valence-corrected chi connectivity index (χ1v) is 7.74. The van der Waals surface area contributed by atoms with Gasteiger partial charge in [0.2, 0.25) is 0 Å². The van der Waals surface area contributed by atoms with Crippen molar-refractivity contribution in [3.8, 4) is 11.5 Å². The average molecular weight is 338 g/mol. The minimum atomic E-state index is -0.961. The van der Waals surface area contributed by atoms with Gasteiger partial charge in [-0.2, -0.15) is 0 Å².